The maximum atomic E-state index is 12.9. The Morgan fingerprint density at radius 3 is 2.62 bits per heavy atom. The molecule has 1 aliphatic carbocycles. The van der Waals surface area contributed by atoms with Crippen molar-refractivity contribution in [2.45, 2.75) is 36.1 Å². The summed E-state index contributed by atoms with van der Waals surface area (Å²) in [5.74, 6) is 0.0674. The van der Waals surface area contributed by atoms with Crippen LogP contribution in [0.25, 0.3) is 0 Å². The Labute approximate surface area is 120 Å². The number of hydrogen-bond donors (Lipinski definition) is 1. The van der Waals surface area contributed by atoms with Crippen LogP contribution in [0.5, 0.6) is 0 Å². The molecule has 4 nitrogen and oxygen atoms in total. The molecule has 1 saturated carbocycles. The Kier molecular flexibility index (Phi) is 3.50. The number of hydrogen-bond acceptors (Lipinski definition) is 3. The first-order valence-corrected chi connectivity index (χ1v) is 8.07. The average molecular weight is 321 g/mol. The molecule has 1 N–H and O–H groups in total. The van der Waals surface area contributed by atoms with Crippen molar-refractivity contribution in [2.75, 3.05) is 6.61 Å². The molecule has 21 heavy (non-hydrogen) atoms. The van der Waals surface area contributed by atoms with E-state index < -0.39 is 26.7 Å². The lowest BCUT2D eigenvalue weighted by molar-refractivity contribution is -0.139. The highest BCUT2D eigenvalue weighted by Gasteiger charge is 2.47. The lowest BCUT2D eigenvalue weighted by Gasteiger charge is -2.39. The zero-order valence-electron chi connectivity index (χ0n) is 10.9. The van der Waals surface area contributed by atoms with Gasteiger partial charge < -0.3 is 4.74 Å². The van der Waals surface area contributed by atoms with Crippen LogP contribution in [0.3, 0.4) is 0 Å². The summed E-state index contributed by atoms with van der Waals surface area (Å²) < 4.78 is 71.0. The van der Waals surface area contributed by atoms with Gasteiger partial charge in [-0.3, -0.25) is 0 Å². The summed E-state index contributed by atoms with van der Waals surface area (Å²) in [6.07, 6.45) is -3.42. The summed E-state index contributed by atoms with van der Waals surface area (Å²) in [4.78, 5) is -0.722. The van der Waals surface area contributed by atoms with Crippen LogP contribution >= 0.6 is 0 Å². The van der Waals surface area contributed by atoms with E-state index in [2.05, 4.69) is 4.72 Å². The summed E-state index contributed by atoms with van der Waals surface area (Å²) in [7, 11) is -4.20. The molecule has 8 heteroatoms. The van der Waals surface area contributed by atoms with Crippen molar-refractivity contribution in [3.8, 4) is 0 Å². The fraction of sp³-hybridized carbons (Fsp3) is 0.538. The highest BCUT2D eigenvalue weighted by molar-refractivity contribution is 7.89. The van der Waals surface area contributed by atoms with Crippen LogP contribution in [0.15, 0.2) is 29.2 Å². The van der Waals surface area contributed by atoms with Crippen LogP contribution in [0, 0.1) is 5.92 Å². The lowest BCUT2D eigenvalue weighted by Crippen LogP contribution is -2.53. The molecular formula is C13H14F3NO3S. The first kappa shape index (κ1) is 14.8. The van der Waals surface area contributed by atoms with Gasteiger partial charge in [-0.05, 0) is 25.0 Å². The average Bonchev–Trinajstić information content (AvgIpc) is 2.77. The summed E-state index contributed by atoms with van der Waals surface area (Å²) in [6, 6.07) is 3.87. The summed E-state index contributed by atoms with van der Waals surface area (Å²) in [5, 5.41) is 0. The first-order chi connectivity index (χ1) is 9.79. The van der Waals surface area contributed by atoms with Gasteiger partial charge in [0, 0.05) is 18.6 Å². The van der Waals surface area contributed by atoms with Gasteiger partial charge in [-0.25, -0.2) is 13.1 Å². The molecule has 1 heterocycles. The Hall–Kier alpha value is -1.12. The highest BCUT2D eigenvalue weighted by atomic mass is 32.2. The molecule has 3 rings (SSSR count). The van der Waals surface area contributed by atoms with E-state index in [4.69, 9.17) is 4.74 Å². The fourth-order valence-electron chi connectivity index (χ4n) is 2.93. The maximum absolute atomic E-state index is 12.9. The predicted octanol–water partition coefficient (Wildman–Crippen LogP) is 2.16. The second-order valence-corrected chi connectivity index (χ2v) is 7.00. The number of rotatable bonds is 3. The second-order valence-electron chi connectivity index (χ2n) is 5.32. The van der Waals surface area contributed by atoms with Crippen molar-refractivity contribution >= 4 is 10.0 Å². The molecule has 1 aromatic carbocycles. The Morgan fingerprint density at radius 1 is 1.24 bits per heavy atom. The topological polar surface area (TPSA) is 55.4 Å². The number of fused-ring (bicyclic) bond motifs is 1. The molecule has 0 unspecified atom stereocenters. The zero-order valence-corrected chi connectivity index (χ0v) is 11.7. The van der Waals surface area contributed by atoms with Crippen LogP contribution in [0.1, 0.15) is 18.4 Å². The predicted molar refractivity (Wildman–Crippen MR) is 68.0 cm³/mol. The number of ether oxygens (including phenoxy) is 1. The highest BCUT2D eigenvalue weighted by Crippen LogP contribution is 2.40. The van der Waals surface area contributed by atoms with Gasteiger partial charge in [0.25, 0.3) is 0 Å². The Bertz CT molecular complexity index is 644. The van der Waals surface area contributed by atoms with E-state index in [0.717, 1.165) is 18.6 Å². The maximum Gasteiger partial charge on any atom is 0.417 e. The van der Waals surface area contributed by atoms with Gasteiger partial charge in [-0.15, -0.1) is 0 Å². The number of alkyl halides is 3. The molecule has 0 spiro atoms. The van der Waals surface area contributed by atoms with Crippen LogP contribution < -0.4 is 4.72 Å². The van der Waals surface area contributed by atoms with E-state index in [1.165, 1.54) is 12.1 Å². The van der Waals surface area contributed by atoms with Crippen molar-refractivity contribution in [1.29, 1.82) is 0 Å². The van der Waals surface area contributed by atoms with Gasteiger partial charge in [0.05, 0.1) is 16.6 Å². The molecule has 0 aromatic heterocycles. The van der Waals surface area contributed by atoms with Crippen LogP contribution in [0.4, 0.5) is 13.2 Å². The van der Waals surface area contributed by atoms with E-state index in [9.17, 15) is 21.6 Å². The van der Waals surface area contributed by atoms with E-state index in [0.29, 0.717) is 13.0 Å². The minimum Gasteiger partial charge on any atom is -0.378 e. The minimum absolute atomic E-state index is 0.0376. The number of nitrogens with one attached hydrogen (secondary N) is 1. The van der Waals surface area contributed by atoms with Crippen LogP contribution in [0.2, 0.25) is 0 Å². The number of benzene rings is 1. The van der Waals surface area contributed by atoms with E-state index in [1.807, 2.05) is 0 Å². The van der Waals surface area contributed by atoms with E-state index >= 15 is 0 Å². The smallest absolute Gasteiger partial charge is 0.378 e. The molecule has 2 aliphatic rings. The molecule has 0 amide bonds. The zero-order chi connectivity index (χ0) is 15.3. The standard InChI is InChI=1S/C13H14F3NO3S/c14-13(15,16)9-3-1-2-4-12(9)21(18,19)17-10-7-11-8(10)5-6-20-11/h1-4,8,10-11,17H,5-7H2/t8-,10+,11+/m0/s1. The van der Waals surface area contributed by atoms with Gasteiger partial charge in [0.1, 0.15) is 0 Å². The second kappa shape index (κ2) is 4.96. The van der Waals surface area contributed by atoms with Crippen molar-refractivity contribution in [3.05, 3.63) is 29.8 Å². The largest absolute Gasteiger partial charge is 0.417 e. The first-order valence-electron chi connectivity index (χ1n) is 6.59. The van der Waals surface area contributed by atoms with Crippen molar-refractivity contribution in [1.82, 2.24) is 4.72 Å². The molecule has 116 valence electrons. The minimum atomic E-state index is -4.70. The third kappa shape index (κ3) is 2.67. The van der Waals surface area contributed by atoms with E-state index in [1.54, 1.807) is 0 Å². The van der Waals surface area contributed by atoms with Gasteiger partial charge in [-0.2, -0.15) is 13.2 Å². The summed E-state index contributed by atoms with van der Waals surface area (Å²) in [5.41, 5.74) is -1.14. The number of halogens is 3. The van der Waals surface area contributed by atoms with Crippen molar-refractivity contribution in [3.63, 3.8) is 0 Å². The summed E-state index contributed by atoms with van der Waals surface area (Å²) >= 11 is 0. The molecule has 3 atom stereocenters. The monoisotopic (exact) mass is 321 g/mol. The van der Waals surface area contributed by atoms with Crippen LogP contribution in [-0.2, 0) is 20.9 Å². The summed E-state index contributed by atoms with van der Waals surface area (Å²) in [6.45, 7) is 0.576. The molecule has 2 fully saturated rings. The third-order valence-corrected chi connectivity index (χ3v) is 5.60. The van der Waals surface area contributed by atoms with Gasteiger partial charge >= 0.3 is 6.18 Å². The molecule has 0 bridgehead atoms. The molecule has 1 aromatic rings. The van der Waals surface area contributed by atoms with Crippen LogP contribution in [-0.4, -0.2) is 27.2 Å². The fourth-order valence-corrected chi connectivity index (χ4v) is 4.46. The molecular weight excluding hydrogens is 307 g/mol. The van der Waals surface area contributed by atoms with E-state index in [-0.39, 0.29) is 18.1 Å². The Balaban J connectivity index is 1.86. The third-order valence-electron chi connectivity index (χ3n) is 4.05. The Morgan fingerprint density at radius 2 is 1.95 bits per heavy atom. The molecule has 0 radical (unpaired) electrons. The van der Waals surface area contributed by atoms with Crippen molar-refractivity contribution < 1.29 is 26.3 Å². The number of sulfonamides is 1. The quantitative estimate of drug-likeness (QED) is 0.928. The SMILES string of the molecule is O=S(=O)(N[C@@H]1C[C@H]2OCC[C@@H]12)c1ccccc1C(F)(F)F. The van der Waals surface area contributed by atoms with Gasteiger partial charge in [0.2, 0.25) is 10.0 Å². The molecule has 1 aliphatic heterocycles. The molecule has 1 saturated heterocycles. The van der Waals surface area contributed by atoms with Gasteiger partial charge in [-0.1, -0.05) is 12.1 Å². The normalized spacial score (nSPS) is 29.0. The van der Waals surface area contributed by atoms with Crippen molar-refractivity contribution in [2.24, 2.45) is 5.92 Å². The lowest BCUT2D eigenvalue weighted by atomic mass is 9.77. The van der Waals surface area contributed by atoms with Gasteiger partial charge in [0.15, 0.2) is 0 Å².